The molecule has 1 N–H and O–H groups in total. The molecule has 1 aromatic heterocycles. The number of anilines is 2. The summed E-state index contributed by atoms with van der Waals surface area (Å²) in [5.74, 6) is 2.90. The summed E-state index contributed by atoms with van der Waals surface area (Å²) in [7, 11) is 2.12. The highest BCUT2D eigenvalue weighted by atomic mass is 15.2. The Morgan fingerprint density at radius 1 is 1.21 bits per heavy atom. The van der Waals surface area contributed by atoms with Gasteiger partial charge in [-0.15, -0.1) is 0 Å². The number of aryl methyl sites for hydroxylation is 1. The van der Waals surface area contributed by atoms with Gasteiger partial charge in [0.1, 0.15) is 17.5 Å². The van der Waals surface area contributed by atoms with Gasteiger partial charge in [0, 0.05) is 32.1 Å². The molecule has 1 heterocycles. The Hall–Kier alpha value is -1.32. The van der Waals surface area contributed by atoms with E-state index >= 15 is 0 Å². The third kappa shape index (κ3) is 4.69. The third-order valence-corrected chi connectivity index (χ3v) is 3.32. The van der Waals surface area contributed by atoms with E-state index in [-0.39, 0.29) is 0 Å². The van der Waals surface area contributed by atoms with E-state index in [0.29, 0.717) is 6.04 Å². The van der Waals surface area contributed by atoms with Crippen LogP contribution in [-0.4, -0.2) is 29.6 Å². The quantitative estimate of drug-likeness (QED) is 0.780. The number of hydrogen-bond acceptors (Lipinski definition) is 4. The first-order valence-electron chi connectivity index (χ1n) is 7.46. The van der Waals surface area contributed by atoms with Gasteiger partial charge in [-0.3, -0.25) is 0 Å². The highest BCUT2D eigenvalue weighted by molar-refractivity contribution is 5.49. The topological polar surface area (TPSA) is 41.1 Å². The first kappa shape index (κ1) is 15.7. The van der Waals surface area contributed by atoms with Crippen LogP contribution in [0.5, 0.6) is 0 Å². The lowest BCUT2D eigenvalue weighted by Gasteiger charge is -2.26. The molecule has 0 saturated heterocycles. The van der Waals surface area contributed by atoms with Crippen molar-refractivity contribution < 1.29 is 0 Å². The van der Waals surface area contributed by atoms with E-state index in [2.05, 4.69) is 61.0 Å². The smallest absolute Gasteiger partial charge is 0.134 e. The summed E-state index contributed by atoms with van der Waals surface area (Å²) in [6, 6.07) is 2.55. The van der Waals surface area contributed by atoms with Gasteiger partial charge in [-0.1, -0.05) is 20.3 Å². The predicted molar refractivity (Wildman–Crippen MR) is 83.0 cm³/mol. The standard InChI is InChI=1S/C15H28N4/c1-6-9-12(4)19(5)15-11-14(16-8-3)17-13(18-15)10-7-2/h11-12H,6-10H2,1-5H3,(H,16,17,18). The Balaban J connectivity index is 2.96. The van der Waals surface area contributed by atoms with E-state index in [1.165, 1.54) is 12.8 Å². The van der Waals surface area contributed by atoms with E-state index in [9.17, 15) is 0 Å². The van der Waals surface area contributed by atoms with Crippen molar-refractivity contribution >= 4 is 11.6 Å². The van der Waals surface area contributed by atoms with Crippen LogP contribution < -0.4 is 10.2 Å². The Bertz CT molecular complexity index is 354. The fourth-order valence-electron chi connectivity index (χ4n) is 2.11. The van der Waals surface area contributed by atoms with E-state index in [4.69, 9.17) is 0 Å². The summed E-state index contributed by atoms with van der Waals surface area (Å²) in [5.41, 5.74) is 0. The second-order valence-corrected chi connectivity index (χ2v) is 5.06. The van der Waals surface area contributed by atoms with Gasteiger partial charge in [0.25, 0.3) is 0 Å². The van der Waals surface area contributed by atoms with Crippen LogP contribution >= 0.6 is 0 Å². The van der Waals surface area contributed by atoms with Crippen LogP contribution in [0.15, 0.2) is 6.07 Å². The van der Waals surface area contributed by atoms with Crippen molar-refractivity contribution in [3.8, 4) is 0 Å². The average molecular weight is 264 g/mol. The normalized spacial score (nSPS) is 12.3. The lowest BCUT2D eigenvalue weighted by atomic mass is 10.2. The zero-order chi connectivity index (χ0) is 14.3. The minimum absolute atomic E-state index is 0.504. The van der Waals surface area contributed by atoms with Crippen LogP contribution in [0.25, 0.3) is 0 Å². The van der Waals surface area contributed by atoms with Gasteiger partial charge in [0.15, 0.2) is 0 Å². The van der Waals surface area contributed by atoms with Crippen LogP contribution in [0.1, 0.15) is 52.8 Å². The fraction of sp³-hybridized carbons (Fsp3) is 0.733. The van der Waals surface area contributed by atoms with Crippen molar-refractivity contribution in [3.05, 3.63) is 11.9 Å². The molecule has 0 aliphatic carbocycles. The predicted octanol–water partition coefficient (Wildman–Crippen LogP) is 3.49. The molecule has 19 heavy (non-hydrogen) atoms. The molecule has 1 aromatic rings. The van der Waals surface area contributed by atoms with Gasteiger partial charge >= 0.3 is 0 Å². The summed E-state index contributed by atoms with van der Waals surface area (Å²) in [4.78, 5) is 11.5. The van der Waals surface area contributed by atoms with Crippen molar-refractivity contribution in [3.63, 3.8) is 0 Å². The van der Waals surface area contributed by atoms with E-state index < -0.39 is 0 Å². The van der Waals surface area contributed by atoms with Gasteiger partial charge in [-0.2, -0.15) is 0 Å². The molecule has 0 amide bonds. The van der Waals surface area contributed by atoms with Crippen LogP contribution in [0.4, 0.5) is 11.6 Å². The van der Waals surface area contributed by atoms with Gasteiger partial charge in [0.05, 0.1) is 0 Å². The van der Waals surface area contributed by atoms with Crippen LogP contribution in [0, 0.1) is 0 Å². The van der Waals surface area contributed by atoms with Crippen molar-refractivity contribution in [1.29, 1.82) is 0 Å². The number of nitrogens with one attached hydrogen (secondary N) is 1. The molecule has 0 aliphatic rings. The van der Waals surface area contributed by atoms with Gasteiger partial charge in [-0.25, -0.2) is 9.97 Å². The summed E-state index contributed by atoms with van der Waals surface area (Å²) in [6.07, 6.45) is 4.38. The Labute approximate surface area is 117 Å². The van der Waals surface area contributed by atoms with Gasteiger partial charge < -0.3 is 10.2 Å². The molecule has 1 rings (SSSR count). The molecule has 0 spiro atoms. The second-order valence-electron chi connectivity index (χ2n) is 5.06. The molecule has 0 radical (unpaired) electrons. The molecular formula is C15H28N4. The van der Waals surface area contributed by atoms with Crippen LogP contribution in [-0.2, 0) is 6.42 Å². The highest BCUT2D eigenvalue weighted by Gasteiger charge is 2.13. The minimum atomic E-state index is 0.504. The van der Waals surface area contributed by atoms with Crippen molar-refractivity contribution in [2.75, 3.05) is 23.8 Å². The molecule has 0 aliphatic heterocycles. The van der Waals surface area contributed by atoms with Gasteiger partial charge in [0.2, 0.25) is 0 Å². The summed E-state index contributed by atoms with van der Waals surface area (Å²) in [6.45, 7) is 9.60. The first-order valence-corrected chi connectivity index (χ1v) is 7.46. The summed E-state index contributed by atoms with van der Waals surface area (Å²) < 4.78 is 0. The van der Waals surface area contributed by atoms with Crippen molar-refractivity contribution in [1.82, 2.24) is 9.97 Å². The summed E-state index contributed by atoms with van der Waals surface area (Å²) in [5, 5.41) is 3.29. The molecule has 108 valence electrons. The maximum absolute atomic E-state index is 4.68. The molecule has 0 aromatic carbocycles. The summed E-state index contributed by atoms with van der Waals surface area (Å²) >= 11 is 0. The maximum atomic E-state index is 4.68. The highest BCUT2D eigenvalue weighted by Crippen LogP contribution is 2.19. The molecule has 0 saturated carbocycles. The van der Waals surface area contributed by atoms with Crippen LogP contribution in [0.3, 0.4) is 0 Å². The number of rotatable bonds is 8. The lowest BCUT2D eigenvalue weighted by molar-refractivity contribution is 0.609. The second kappa shape index (κ2) is 7.97. The zero-order valence-corrected chi connectivity index (χ0v) is 13.0. The van der Waals surface area contributed by atoms with Crippen molar-refractivity contribution in [2.45, 2.75) is 59.4 Å². The first-order chi connectivity index (χ1) is 9.12. The molecular weight excluding hydrogens is 236 g/mol. The Kier molecular flexibility index (Phi) is 6.60. The molecule has 4 heteroatoms. The number of nitrogens with zero attached hydrogens (tertiary/aromatic N) is 3. The SMILES string of the molecule is CCCc1nc(NCC)cc(N(C)C(C)CCC)n1. The average Bonchev–Trinajstić information content (AvgIpc) is 2.38. The maximum Gasteiger partial charge on any atom is 0.134 e. The fourth-order valence-corrected chi connectivity index (χ4v) is 2.11. The minimum Gasteiger partial charge on any atom is -0.370 e. The molecule has 0 fully saturated rings. The van der Waals surface area contributed by atoms with Gasteiger partial charge in [-0.05, 0) is 26.7 Å². The van der Waals surface area contributed by atoms with E-state index in [1.807, 2.05) is 0 Å². The molecule has 0 bridgehead atoms. The lowest BCUT2D eigenvalue weighted by Crippen LogP contribution is -2.29. The van der Waals surface area contributed by atoms with E-state index in [1.54, 1.807) is 0 Å². The number of aromatic nitrogens is 2. The van der Waals surface area contributed by atoms with Crippen LogP contribution in [0.2, 0.25) is 0 Å². The Morgan fingerprint density at radius 2 is 1.95 bits per heavy atom. The molecule has 1 unspecified atom stereocenters. The molecule has 1 atom stereocenters. The monoisotopic (exact) mass is 264 g/mol. The van der Waals surface area contributed by atoms with Crippen molar-refractivity contribution in [2.24, 2.45) is 0 Å². The largest absolute Gasteiger partial charge is 0.370 e. The molecule has 4 nitrogen and oxygen atoms in total. The number of hydrogen-bond donors (Lipinski definition) is 1. The third-order valence-electron chi connectivity index (χ3n) is 3.32. The Morgan fingerprint density at radius 3 is 2.53 bits per heavy atom. The zero-order valence-electron chi connectivity index (χ0n) is 13.0. The van der Waals surface area contributed by atoms with E-state index in [0.717, 1.165) is 36.8 Å².